The van der Waals surface area contributed by atoms with Crippen molar-refractivity contribution in [3.8, 4) is 5.69 Å². The average Bonchev–Trinajstić information content (AvgIpc) is 2.65. The Bertz CT molecular complexity index is 595. The van der Waals surface area contributed by atoms with Gasteiger partial charge in [-0.3, -0.25) is 0 Å². The predicted octanol–water partition coefficient (Wildman–Crippen LogP) is 2.97. The maximum absolute atomic E-state index is 8.67. The van der Waals surface area contributed by atoms with Crippen LogP contribution < -0.4 is 4.90 Å². The minimum Gasteiger partial charge on any atom is -0.411 e. The van der Waals surface area contributed by atoms with Gasteiger partial charge >= 0.3 is 0 Å². The third-order valence-electron chi connectivity index (χ3n) is 3.29. The third-order valence-corrected chi connectivity index (χ3v) is 3.29. The monoisotopic (exact) mass is 257 g/mol. The molecule has 2 aromatic rings. The van der Waals surface area contributed by atoms with E-state index in [4.69, 9.17) is 5.21 Å². The van der Waals surface area contributed by atoms with Gasteiger partial charge in [0.25, 0.3) is 0 Å². The summed E-state index contributed by atoms with van der Waals surface area (Å²) in [5, 5.41) is 11.8. The van der Waals surface area contributed by atoms with Gasteiger partial charge in [-0.25, -0.2) is 0 Å². The molecule has 1 heterocycles. The van der Waals surface area contributed by atoms with Crippen LogP contribution in [0.5, 0.6) is 0 Å². The van der Waals surface area contributed by atoms with Gasteiger partial charge in [0.15, 0.2) is 0 Å². The fourth-order valence-electron chi connectivity index (χ4n) is 2.28. The topological polar surface area (TPSA) is 40.8 Å². The van der Waals surface area contributed by atoms with Gasteiger partial charge in [-0.05, 0) is 44.2 Å². The fraction of sp³-hybridized carbons (Fsp3) is 0.267. The summed E-state index contributed by atoms with van der Waals surface area (Å²) >= 11 is 0. The average molecular weight is 257 g/mol. The number of hydrogen-bond acceptors (Lipinski definition) is 3. The van der Waals surface area contributed by atoms with E-state index in [9.17, 15) is 0 Å². The molecular formula is C15H19N3O. The van der Waals surface area contributed by atoms with Crippen LogP contribution in [0.3, 0.4) is 0 Å². The van der Waals surface area contributed by atoms with E-state index in [0.717, 1.165) is 22.6 Å². The number of rotatable bonds is 3. The summed E-state index contributed by atoms with van der Waals surface area (Å²) in [6.45, 7) is 4.06. The van der Waals surface area contributed by atoms with Crippen LogP contribution in [0.4, 0.5) is 5.69 Å². The van der Waals surface area contributed by atoms with Gasteiger partial charge in [-0.15, -0.1) is 0 Å². The van der Waals surface area contributed by atoms with Crippen molar-refractivity contribution in [3.05, 3.63) is 47.3 Å². The summed E-state index contributed by atoms with van der Waals surface area (Å²) in [5.74, 6) is 0. The molecule has 0 aliphatic rings. The zero-order valence-electron chi connectivity index (χ0n) is 11.8. The predicted molar refractivity (Wildman–Crippen MR) is 79.0 cm³/mol. The van der Waals surface area contributed by atoms with Crippen molar-refractivity contribution < 1.29 is 5.21 Å². The number of anilines is 1. The van der Waals surface area contributed by atoms with Crippen molar-refractivity contribution in [2.45, 2.75) is 13.8 Å². The fourth-order valence-corrected chi connectivity index (χ4v) is 2.28. The van der Waals surface area contributed by atoms with Crippen LogP contribution in [0.2, 0.25) is 0 Å². The van der Waals surface area contributed by atoms with E-state index >= 15 is 0 Å². The lowest BCUT2D eigenvalue weighted by atomic mass is 10.2. The Morgan fingerprint density at radius 1 is 1.16 bits per heavy atom. The molecule has 0 unspecified atom stereocenters. The van der Waals surface area contributed by atoms with Gasteiger partial charge in [-0.1, -0.05) is 5.16 Å². The lowest BCUT2D eigenvalue weighted by molar-refractivity contribution is 0.322. The summed E-state index contributed by atoms with van der Waals surface area (Å²) in [6.07, 6.45) is 1.47. The van der Waals surface area contributed by atoms with Crippen molar-refractivity contribution in [2.24, 2.45) is 5.16 Å². The van der Waals surface area contributed by atoms with Crippen molar-refractivity contribution in [1.29, 1.82) is 0 Å². The van der Waals surface area contributed by atoms with E-state index in [2.05, 4.69) is 38.9 Å². The first-order valence-electron chi connectivity index (χ1n) is 6.18. The summed E-state index contributed by atoms with van der Waals surface area (Å²) in [7, 11) is 4.05. The Morgan fingerprint density at radius 2 is 1.79 bits per heavy atom. The Morgan fingerprint density at radius 3 is 2.32 bits per heavy atom. The largest absolute Gasteiger partial charge is 0.411 e. The molecule has 0 amide bonds. The second-order valence-electron chi connectivity index (χ2n) is 4.82. The maximum atomic E-state index is 8.67. The van der Waals surface area contributed by atoms with Gasteiger partial charge < -0.3 is 14.7 Å². The first kappa shape index (κ1) is 13.2. The smallest absolute Gasteiger partial charge is 0.0752 e. The highest BCUT2D eigenvalue weighted by Gasteiger charge is 2.09. The molecule has 1 N–H and O–H groups in total. The molecule has 0 aliphatic heterocycles. The first-order valence-corrected chi connectivity index (χ1v) is 6.18. The van der Waals surface area contributed by atoms with E-state index in [1.54, 1.807) is 0 Å². The normalized spacial score (nSPS) is 11.2. The van der Waals surface area contributed by atoms with Crippen LogP contribution in [0.15, 0.2) is 35.5 Å². The van der Waals surface area contributed by atoms with Crippen LogP contribution in [0.1, 0.15) is 17.0 Å². The summed E-state index contributed by atoms with van der Waals surface area (Å²) < 4.78 is 2.15. The Kier molecular flexibility index (Phi) is 3.60. The van der Waals surface area contributed by atoms with E-state index in [0.29, 0.717) is 0 Å². The second-order valence-corrected chi connectivity index (χ2v) is 4.82. The Hall–Kier alpha value is -2.23. The lowest BCUT2D eigenvalue weighted by Crippen LogP contribution is -2.08. The van der Waals surface area contributed by atoms with Crippen molar-refractivity contribution in [1.82, 2.24) is 4.57 Å². The summed E-state index contributed by atoms with van der Waals surface area (Å²) in [5.41, 5.74) is 5.39. The van der Waals surface area contributed by atoms with Crippen LogP contribution in [-0.4, -0.2) is 30.1 Å². The number of nitrogens with zero attached hydrogens (tertiary/aromatic N) is 3. The lowest BCUT2D eigenvalue weighted by Gasteiger charge is -2.14. The number of hydrogen-bond donors (Lipinski definition) is 1. The van der Waals surface area contributed by atoms with Gasteiger partial charge in [0, 0.05) is 42.4 Å². The van der Waals surface area contributed by atoms with E-state index in [1.165, 1.54) is 11.9 Å². The van der Waals surface area contributed by atoms with Crippen LogP contribution in [0.25, 0.3) is 5.69 Å². The minimum atomic E-state index is 0.927. The Balaban J connectivity index is 2.47. The number of benzene rings is 1. The van der Waals surface area contributed by atoms with E-state index in [-0.39, 0.29) is 0 Å². The van der Waals surface area contributed by atoms with Crippen LogP contribution in [0, 0.1) is 13.8 Å². The zero-order chi connectivity index (χ0) is 14.0. The highest BCUT2D eigenvalue weighted by molar-refractivity contribution is 5.81. The van der Waals surface area contributed by atoms with Crippen LogP contribution in [-0.2, 0) is 0 Å². The quantitative estimate of drug-likeness (QED) is 0.522. The molecule has 1 aromatic heterocycles. The minimum absolute atomic E-state index is 0.927. The van der Waals surface area contributed by atoms with Crippen molar-refractivity contribution in [2.75, 3.05) is 19.0 Å². The van der Waals surface area contributed by atoms with Gasteiger partial charge in [0.2, 0.25) is 0 Å². The molecule has 2 rings (SSSR count). The molecule has 0 radical (unpaired) electrons. The molecule has 0 saturated heterocycles. The highest BCUT2D eigenvalue weighted by Crippen LogP contribution is 2.22. The molecule has 0 aliphatic carbocycles. The number of aryl methyl sites for hydroxylation is 1. The molecular weight excluding hydrogens is 238 g/mol. The molecule has 100 valence electrons. The molecule has 4 nitrogen and oxygen atoms in total. The van der Waals surface area contributed by atoms with E-state index < -0.39 is 0 Å². The third kappa shape index (κ3) is 2.47. The molecule has 0 saturated carbocycles. The molecule has 1 aromatic carbocycles. The maximum Gasteiger partial charge on any atom is 0.0752 e. The molecule has 0 atom stereocenters. The van der Waals surface area contributed by atoms with Crippen LogP contribution >= 0.6 is 0 Å². The van der Waals surface area contributed by atoms with Crippen molar-refractivity contribution in [3.63, 3.8) is 0 Å². The van der Waals surface area contributed by atoms with Gasteiger partial charge in [0.1, 0.15) is 0 Å². The Labute approximate surface area is 113 Å². The summed E-state index contributed by atoms with van der Waals surface area (Å²) in [4.78, 5) is 2.07. The van der Waals surface area contributed by atoms with E-state index in [1.807, 2.05) is 34.0 Å². The highest BCUT2D eigenvalue weighted by atomic mass is 16.4. The van der Waals surface area contributed by atoms with Gasteiger partial charge in [0.05, 0.1) is 6.21 Å². The summed E-state index contributed by atoms with van der Waals surface area (Å²) in [6, 6.07) is 10.4. The number of oxime groups is 1. The standard InChI is InChI=1S/C15H19N3O/c1-11-9-13(10-16-19)12(2)18(11)15-7-5-14(6-8-15)17(3)4/h5-10,19H,1-4H3. The number of aromatic nitrogens is 1. The molecule has 0 spiro atoms. The zero-order valence-corrected chi connectivity index (χ0v) is 11.8. The molecule has 19 heavy (non-hydrogen) atoms. The molecule has 0 bridgehead atoms. The first-order chi connectivity index (χ1) is 9.04. The second kappa shape index (κ2) is 5.18. The van der Waals surface area contributed by atoms with Gasteiger partial charge in [-0.2, -0.15) is 0 Å². The van der Waals surface area contributed by atoms with Crippen molar-refractivity contribution >= 4 is 11.9 Å². The molecule has 4 heteroatoms. The SMILES string of the molecule is Cc1cc(C=NO)c(C)n1-c1ccc(N(C)C)cc1. The molecule has 0 fully saturated rings.